The van der Waals surface area contributed by atoms with Gasteiger partial charge in [0.05, 0.1) is 0 Å². The van der Waals surface area contributed by atoms with Gasteiger partial charge in [0, 0.05) is 25.7 Å². The molecule has 0 spiro atoms. The normalized spacial score (nSPS) is 12.4. The zero-order chi connectivity index (χ0) is 19.0. The Balaban J connectivity index is 2.62. The number of carbonyl (C=O) groups excluding carboxylic acids is 2. The lowest BCUT2D eigenvalue weighted by Gasteiger charge is -2.24. The highest BCUT2D eigenvalue weighted by Crippen LogP contribution is 2.16. The van der Waals surface area contributed by atoms with Crippen LogP contribution in [0.2, 0.25) is 0 Å². The van der Waals surface area contributed by atoms with Gasteiger partial charge in [0.25, 0.3) is 0 Å². The Morgan fingerprint density at radius 3 is 2.56 bits per heavy atom. The summed E-state index contributed by atoms with van der Waals surface area (Å²) in [5.74, 6) is 0.407. The Morgan fingerprint density at radius 2 is 1.96 bits per heavy atom. The van der Waals surface area contributed by atoms with Gasteiger partial charge in [-0.3, -0.25) is 4.79 Å². The second-order valence-electron chi connectivity index (χ2n) is 7.68. The summed E-state index contributed by atoms with van der Waals surface area (Å²) in [6.45, 7) is 10.2. The highest BCUT2D eigenvalue weighted by atomic mass is 16.6. The van der Waals surface area contributed by atoms with E-state index >= 15 is 0 Å². The summed E-state index contributed by atoms with van der Waals surface area (Å²) in [5, 5.41) is 2.94. The number of ether oxygens (including phenoxy) is 1. The summed E-state index contributed by atoms with van der Waals surface area (Å²) < 4.78 is 5.35. The summed E-state index contributed by atoms with van der Waals surface area (Å²) >= 11 is 0. The van der Waals surface area contributed by atoms with Crippen molar-refractivity contribution in [3.63, 3.8) is 0 Å². The van der Waals surface area contributed by atoms with E-state index in [0.29, 0.717) is 18.9 Å². The molecule has 1 rings (SSSR count). The fraction of sp³-hybridized carbons (Fsp3) is 0.600. The van der Waals surface area contributed by atoms with Crippen LogP contribution in [0.3, 0.4) is 0 Å². The minimum Gasteiger partial charge on any atom is -0.444 e. The van der Waals surface area contributed by atoms with Gasteiger partial charge >= 0.3 is 6.09 Å². The number of carbonyl (C=O) groups is 2. The van der Waals surface area contributed by atoms with Gasteiger partial charge in [0.1, 0.15) is 5.60 Å². The molecule has 2 amide bonds. The number of hydrogen-bond acceptors (Lipinski definition) is 3. The first-order valence-corrected chi connectivity index (χ1v) is 8.93. The van der Waals surface area contributed by atoms with Crippen LogP contribution in [0.15, 0.2) is 24.3 Å². The van der Waals surface area contributed by atoms with Crippen molar-refractivity contribution in [1.82, 2.24) is 4.90 Å². The lowest BCUT2D eigenvalue weighted by atomic mass is 10.0. The second-order valence-corrected chi connectivity index (χ2v) is 7.68. The van der Waals surface area contributed by atoms with Crippen molar-refractivity contribution in [2.75, 3.05) is 12.4 Å². The summed E-state index contributed by atoms with van der Waals surface area (Å²) in [6.07, 6.45) is 2.29. The van der Waals surface area contributed by atoms with Crippen LogP contribution in [0.1, 0.15) is 59.4 Å². The van der Waals surface area contributed by atoms with Gasteiger partial charge in [-0.25, -0.2) is 4.79 Å². The maximum atomic E-state index is 12.1. The Labute approximate surface area is 151 Å². The molecule has 5 heteroatoms. The van der Waals surface area contributed by atoms with Gasteiger partial charge in [-0.15, -0.1) is 0 Å². The third kappa shape index (κ3) is 8.57. The van der Waals surface area contributed by atoms with Crippen molar-refractivity contribution in [1.29, 1.82) is 0 Å². The van der Waals surface area contributed by atoms with Crippen molar-refractivity contribution < 1.29 is 14.3 Å². The predicted molar refractivity (Wildman–Crippen MR) is 101 cm³/mol. The lowest BCUT2D eigenvalue weighted by Crippen LogP contribution is -2.33. The maximum Gasteiger partial charge on any atom is 0.410 e. The molecule has 0 bridgehead atoms. The van der Waals surface area contributed by atoms with E-state index in [2.05, 4.69) is 19.2 Å². The van der Waals surface area contributed by atoms with E-state index in [9.17, 15) is 9.59 Å². The van der Waals surface area contributed by atoms with Crippen molar-refractivity contribution in [3.05, 3.63) is 29.8 Å². The van der Waals surface area contributed by atoms with Gasteiger partial charge in [0.15, 0.2) is 0 Å². The molecule has 5 nitrogen and oxygen atoms in total. The molecule has 0 aliphatic carbocycles. The summed E-state index contributed by atoms with van der Waals surface area (Å²) in [5.41, 5.74) is 1.17. The number of anilines is 1. The third-order valence-corrected chi connectivity index (χ3v) is 3.65. The van der Waals surface area contributed by atoms with E-state index in [0.717, 1.165) is 24.1 Å². The number of hydrogen-bond donors (Lipinski definition) is 1. The van der Waals surface area contributed by atoms with Gasteiger partial charge < -0.3 is 15.0 Å². The number of nitrogens with zero attached hydrogens (tertiary/aromatic N) is 1. The zero-order valence-corrected chi connectivity index (χ0v) is 16.4. The van der Waals surface area contributed by atoms with Gasteiger partial charge in [-0.1, -0.05) is 38.8 Å². The Kier molecular flexibility index (Phi) is 7.94. The second kappa shape index (κ2) is 9.44. The SMILES string of the molecule is CCCC(C)CC(=O)Nc1cccc(CN(C)C(=O)OC(C)(C)C)c1. The van der Waals surface area contributed by atoms with E-state index in [1.54, 1.807) is 7.05 Å². The third-order valence-electron chi connectivity index (χ3n) is 3.65. The van der Waals surface area contributed by atoms with Crippen molar-refractivity contribution in [3.8, 4) is 0 Å². The van der Waals surface area contributed by atoms with Crippen LogP contribution in [0.4, 0.5) is 10.5 Å². The van der Waals surface area contributed by atoms with E-state index in [-0.39, 0.29) is 12.0 Å². The van der Waals surface area contributed by atoms with Crippen LogP contribution in [0, 0.1) is 5.92 Å². The molecule has 0 radical (unpaired) electrons. The van der Waals surface area contributed by atoms with E-state index in [1.807, 2.05) is 45.0 Å². The van der Waals surface area contributed by atoms with Crippen molar-refractivity contribution >= 4 is 17.7 Å². The molecular weight excluding hydrogens is 316 g/mol. The van der Waals surface area contributed by atoms with Gasteiger partial charge in [-0.05, 0) is 44.4 Å². The van der Waals surface area contributed by atoms with Crippen molar-refractivity contribution in [2.24, 2.45) is 5.92 Å². The van der Waals surface area contributed by atoms with Crippen LogP contribution < -0.4 is 5.32 Å². The molecule has 1 aromatic rings. The molecule has 1 unspecified atom stereocenters. The van der Waals surface area contributed by atoms with E-state index in [4.69, 9.17) is 4.74 Å². The highest BCUT2D eigenvalue weighted by molar-refractivity contribution is 5.90. The fourth-order valence-corrected chi connectivity index (χ4v) is 2.55. The number of benzene rings is 1. The molecule has 0 aliphatic heterocycles. The van der Waals surface area contributed by atoms with Gasteiger partial charge in [0.2, 0.25) is 5.91 Å². The average molecular weight is 348 g/mol. The van der Waals surface area contributed by atoms with Crippen LogP contribution in [-0.4, -0.2) is 29.5 Å². The summed E-state index contributed by atoms with van der Waals surface area (Å²) in [6, 6.07) is 7.56. The van der Waals surface area contributed by atoms with Crippen LogP contribution >= 0.6 is 0 Å². The largest absolute Gasteiger partial charge is 0.444 e. The van der Waals surface area contributed by atoms with Crippen LogP contribution in [0.25, 0.3) is 0 Å². The number of nitrogens with one attached hydrogen (secondary N) is 1. The molecule has 0 heterocycles. The average Bonchev–Trinajstić information content (AvgIpc) is 2.45. The molecule has 1 atom stereocenters. The monoisotopic (exact) mass is 348 g/mol. The fourth-order valence-electron chi connectivity index (χ4n) is 2.55. The molecule has 0 fully saturated rings. The van der Waals surface area contributed by atoms with E-state index < -0.39 is 5.60 Å². The predicted octanol–water partition coefficient (Wildman–Crippen LogP) is 4.82. The Hall–Kier alpha value is -2.04. The number of rotatable bonds is 7. The van der Waals surface area contributed by atoms with Crippen molar-refractivity contribution in [2.45, 2.75) is 66.0 Å². The molecule has 0 saturated carbocycles. The van der Waals surface area contributed by atoms with E-state index in [1.165, 1.54) is 4.90 Å². The summed E-state index contributed by atoms with van der Waals surface area (Å²) in [7, 11) is 1.70. The van der Waals surface area contributed by atoms with Gasteiger partial charge in [-0.2, -0.15) is 0 Å². The summed E-state index contributed by atoms with van der Waals surface area (Å²) in [4.78, 5) is 25.7. The number of amides is 2. The standard InChI is InChI=1S/C20H32N2O3/c1-7-9-15(2)12-18(23)21-17-11-8-10-16(13-17)14-22(6)19(24)25-20(3,4)5/h8,10-11,13,15H,7,9,12,14H2,1-6H3,(H,21,23). The molecule has 0 aromatic heterocycles. The first-order valence-electron chi connectivity index (χ1n) is 8.93. The first kappa shape index (κ1) is 21.0. The Morgan fingerprint density at radius 1 is 1.28 bits per heavy atom. The quantitative estimate of drug-likeness (QED) is 0.768. The molecule has 0 saturated heterocycles. The highest BCUT2D eigenvalue weighted by Gasteiger charge is 2.19. The molecule has 140 valence electrons. The smallest absolute Gasteiger partial charge is 0.410 e. The lowest BCUT2D eigenvalue weighted by molar-refractivity contribution is -0.117. The molecule has 1 aromatic carbocycles. The molecule has 25 heavy (non-hydrogen) atoms. The minimum atomic E-state index is -0.518. The molecule has 1 N–H and O–H groups in total. The minimum absolute atomic E-state index is 0.0265. The zero-order valence-electron chi connectivity index (χ0n) is 16.4. The molecular formula is C20H32N2O3. The Bertz CT molecular complexity index is 579. The topological polar surface area (TPSA) is 58.6 Å². The molecule has 0 aliphatic rings. The maximum absolute atomic E-state index is 12.1. The first-order chi connectivity index (χ1) is 11.6. The van der Waals surface area contributed by atoms with Crippen LogP contribution in [0.5, 0.6) is 0 Å². The van der Waals surface area contributed by atoms with Crippen LogP contribution in [-0.2, 0) is 16.1 Å².